The Balaban J connectivity index is 1.55. The van der Waals surface area contributed by atoms with Gasteiger partial charge in [-0.15, -0.1) is 0 Å². The van der Waals surface area contributed by atoms with Crippen molar-refractivity contribution in [3.05, 3.63) is 57.2 Å². The maximum Gasteiger partial charge on any atom is 0.286 e. The number of ether oxygens (including phenoxy) is 1. The molecule has 1 fully saturated rings. The lowest BCUT2D eigenvalue weighted by Crippen LogP contribution is -2.38. The van der Waals surface area contributed by atoms with Crippen molar-refractivity contribution < 1.29 is 18.9 Å². The van der Waals surface area contributed by atoms with E-state index in [1.165, 1.54) is 17.8 Å². The number of nitro benzene ring substituents is 1. The van der Waals surface area contributed by atoms with Crippen molar-refractivity contribution >= 4 is 34.6 Å². The van der Waals surface area contributed by atoms with Crippen molar-refractivity contribution in [2.24, 2.45) is 4.99 Å². The summed E-state index contributed by atoms with van der Waals surface area (Å²) in [5.74, 6) is 0.501. The van der Waals surface area contributed by atoms with Crippen LogP contribution in [0.5, 0.6) is 0 Å². The Kier molecular flexibility index (Phi) is 4.78. The standard InChI is InChI=1S/C18H15N3O5S/c22-17-16(27-18(19-17)20-7-9-25-10-8-20)11-12-5-6-15(26-12)13-3-1-2-4-14(13)21(23)24/h1-6,11H,7-10H2/b16-11-. The van der Waals surface area contributed by atoms with Gasteiger partial charge in [0, 0.05) is 25.2 Å². The number of furan rings is 1. The molecule has 1 aromatic heterocycles. The first-order valence-electron chi connectivity index (χ1n) is 8.31. The topological polar surface area (TPSA) is 98.2 Å². The second kappa shape index (κ2) is 7.37. The Morgan fingerprint density at radius 1 is 1.19 bits per heavy atom. The minimum absolute atomic E-state index is 0.0321. The van der Waals surface area contributed by atoms with Gasteiger partial charge in [0.2, 0.25) is 0 Å². The van der Waals surface area contributed by atoms with Crippen molar-refractivity contribution in [2.45, 2.75) is 0 Å². The largest absolute Gasteiger partial charge is 0.456 e. The van der Waals surface area contributed by atoms with E-state index in [-0.39, 0.29) is 11.6 Å². The molecule has 9 heteroatoms. The predicted octanol–water partition coefficient (Wildman–Crippen LogP) is 3.16. The second-order valence-corrected chi connectivity index (χ2v) is 6.89. The van der Waals surface area contributed by atoms with Crippen LogP contribution in [-0.4, -0.2) is 47.2 Å². The summed E-state index contributed by atoms with van der Waals surface area (Å²) in [5, 5.41) is 11.9. The molecule has 3 heterocycles. The summed E-state index contributed by atoms with van der Waals surface area (Å²) in [6.45, 7) is 2.64. The van der Waals surface area contributed by atoms with E-state index in [2.05, 4.69) is 4.99 Å². The minimum Gasteiger partial charge on any atom is -0.456 e. The first-order chi connectivity index (χ1) is 13.1. The molecule has 0 saturated carbocycles. The number of rotatable bonds is 3. The molecule has 2 aliphatic heterocycles. The van der Waals surface area contributed by atoms with Gasteiger partial charge in [-0.25, -0.2) is 0 Å². The van der Waals surface area contributed by atoms with E-state index in [9.17, 15) is 14.9 Å². The molecule has 4 rings (SSSR count). The van der Waals surface area contributed by atoms with Crippen LogP contribution in [-0.2, 0) is 9.53 Å². The number of amides is 1. The number of hydrogen-bond donors (Lipinski definition) is 0. The molecule has 0 N–H and O–H groups in total. The smallest absolute Gasteiger partial charge is 0.286 e. The zero-order valence-electron chi connectivity index (χ0n) is 14.2. The fourth-order valence-electron chi connectivity index (χ4n) is 2.83. The molecule has 1 saturated heterocycles. The average molecular weight is 385 g/mol. The fraction of sp³-hybridized carbons (Fsp3) is 0.222. The van der Waals surface area contributed by atoms with Crippen LogP contribution in [0.2, 0.25) is 0 Å². The summed E-state index contributed by atoms with van der Waals surface area (Å²) in [6.07, 6.45) is 1.61. The highest BCUT2D eigenvalue weighted by atomic mass is 32.2. The van der Waals surface area contributed by atoms with Crippen LogP contribution in [0.1, 0.15) is 5.76 Å². The van der Waals surface area contributed by atoms with Gasteiger partial charge in [0.1, 0.15) is 11.5 Å². The molecule has 1 aromatic carbocycles. The van der Waals surface area contributed by atoms with E-state index in [1.54, 1.807) is 36.4 Å². The normalized spacial score (nSPS) is 18.8. The first-order valence-corrected chi connectivity index (χ1v) is 9.12. The number of amidine groups is 1. The van der Waals surface area contributed by atoms with Crippen LogP contribution in [0.25, 0.3) is 17.4 Å². The minimum atomic E-state index is -0.450. The number of nitrogens with zero attached hydrogens (tertiary/aromatic N) is 3. The zero-order chi connectivity index (χ0) is 18.8. The van der Waals surface area contributed by atoms with Gasteiger partial charge in [-0.05, 0) is 30.0 Å². The van der Waals surface area contributed by atoms with Crippen molar-refractivity contribution in [2.75, 3.05) is 26.3 Å². The van der Waals surface area contributed by atoms with Crippen LogP contribution < -0.4 is 0 Å². The predicted molar refractivity (Wildman–Crippen MR) is 101 cm³/mol. The number of thioether (sulfide) groups is 1. The molecule has 8 nitrogen and oxygen atoms in total. The van der Waals surface area contributed by atoms with E-state index in [0.717, 1.165) is 0 Å². The number of para-hydroxylation sites is 1. The van der Waals surface area contributed by atoms with Crippen molar-refractivity contribution in [1.29, 1.82) is 0 Å². The molecule has 0 atom stereocenters. The third-order valence-electron chi connectivity index (χ3n) is 4.16. The number of carbonyl (C=O) groups is 1. The molecule has 1 amide bonds. The summed E-state index contributed by atoms with van der Waals surface area (Å²) < 4.78 is 11.0. The van der Waals surface area contributed by atoms with Crippen LogP contribution in [0.3, 0.4) is 0 Å². The molecule has 0 spiro atoms. The third kappa shape index (κ3) is 3.64. The highest BCUT2D eigenvalue weighted by Crippen LogP contribution is 2.34. The maximum atomic E-state index is 12.2. The van der Waals surface area contributed by atoms with Crippen molar-refractivity contribution in [3.63, 3.8) is 0 Å². The second-order valence-electron chi connectivity index (χ2n) is 5.89. The maximum absolute atomic E-state index is 12.2. The Bertz CT molecular complexity index is 959. The molecular formula is C18H15N3O5S. The van der Waals surface area contributed by atoms with Gasteiger partial charge in [0.25, 0.3) is 11.6 Å². The summed E-state index contributed by atoms with van der Waals surface area (Å²) in [5.41, 5.74) is 0.359. The molecule has 0 aliphatic carbocycles. The van der Waals surface area contributed by atoms with Crippen LogP contribution in [0.4, 0.5) is 5.69 Å². The Labute approximate surface area is 158 Å². The fourth-order valence-corrected chi connectivity index (χ4v) is 3.78. The monoisotopic (exact) mass is 385 g/mol. The summed E-state index contributed by atoms with van der Waals surface area (Å²) in [7, 11) is 0. The molecule has 0 unspecified atom stereocenters. The van der Waals surface area contributed by atoms with E-state index in [0.29, 0.717) is 53.5 Å². The number of hydrogen-bond acceptors (Lipinski definition) is 7. The first kappa shape index (κ1) is 17.5. The number of aliphatic imine (C=N–C) groups is 1. The quantitative estimate of drug-likeness (QED) is 0.455. The van der Waals surface area contributed by atoms with Gasteiger partial charge in [0.05, 0.1) is 28.6 Å². The van der Waals surface area contributed by atoms with Crippen LogP contribution in [0, 0.1) is 10.1 Å². The van der Waals surface area contributed by atoms with Gasteiger partial charge < -0.3 is 14.1 Å². The molecule has 138 valence electrons. The highest BCUT2D eigenvalue weighted by Gasteiger charge is 2.27. The Hall–Kier alpha value is -2.91. The molecule has 2 aromatic rings. The molecule has 2 aliphatic rings. The van der Waals surface area contributed by atoms with Crippen LogP contribution in [0.15, 0.2) is 50.7 Å². The van der Waals surface area contributed by atoms with Crippen molar-refractivity contribution in [3.8, 4) is 11.3 Å². The van der Waals surface area contributed by atoms with E-state index in [1.807, 2.05) is 4.90 Å². The van der Waals surface area contributed by atoms with Gasteiger partial charge in [0.15, 0.2) is 5.17 Å². The zero-order valence-corrected chi connectivity index (χ0v) is 15.0. The summed E-state index contributed by atoms with van der Waals surface area (Å²) >= 11 is 1.30. The Morgan fingerprint density at radius 3 is 2.74 bits per heavy atom. The lowest BCUT2D eigenvalue weighted by Gasteiger charge is -2.27. The van der Waals surface area contributed by atoms with Gasteiger partial charge >= 0.3 is 0 Å². The SMILES string of the molecule is O=C1N=C(N2CCOCC2)S/C1=C\c1ccc(-c2ccccc2[N+](=O)[O-])o1. The lowest BCUT2D eigenvalue weighted by molar-refractivity contribution is -0.384. The van der Waals surface area contributed by atoms with Gasteiger partial charge in [-0.2, -0.15) is 4.99 Å². The number of morpholine rings is 1. The van der Waals surface area contributed by atoms with Gasteiger partial charge in [-0.1, -0.05) is 12.1 Å². The van der Waals surface area contributed by atoms with E-state index >= 15 is 0 Å². The number of benzene rings is 1. The number of nitro groups is 1. The van der Waals surface area contributed by atoms with Gasteiger partial charge in [-0.3, -0.25) is 14.9 Å². The van der Waals surface area contributed by atoms with Crippen LogP contribution >= 0.6 is 11.8 Å². The highest BCUT2D eigenvalue weighted by molar-refractivity contribution is 8.18. The summed E-state index contributed by atoms with van der Waals surface area (Å²) in [4.78, 5) is 29.5. The lowest BCUT2D eigenvalue weighted by atomic mass is 10.1. The summed E-state index contributed by atoms with van der Waals surface area (Å²) in [6, 6.07) is 9.70. The Morgan fingerprint density at radius 2 is 1.96 bits per heavy atom. The third-order valence-corrected chi connectivity index (χ3v) is 5.20. The molecule has 27 heavy (non-hydrogen) atoms. The average Bonchev–Trinajstić information content (AvgIpc) is 3.30. The molecular weight excluding hydrogens is 370 g/mol. The molecule has 0 bridgehead atoms. The molecule has 0 radical (unpaired) electrons. The number of carbonyl (C=O) groups excluding carboxylic acids is 1. The van der Waals surface area contributed by atoms with E-state index in [4.69, 9.17) is 9.15 Å². The van der Waals surface area contributed by atoms with E-state index < -0.39 is 4.92 Å². The van der Waals surface area contributed by atoms with Crippen molar-refractivity contribution in [1.82, 2.24) is 4.90 Å².